The Morgan fingerprint density at radius 3 is 2.83 bits per heavy atom. The van der Waals surface area contributed by atoms with Gasteiger partial charge in [-0.1, -0.05) is 11.3 Å². The molecule has 2 aromatic rings. The van der Waals surface area contributed by atoms with E-state index in [9.17, 15) is 8.42 Å². The van der Waals surface area contributed by atoms with Gasteiger partial charge >= 0.3 is 0 Å². The monoisotopic (exact) mass is 288 g/mol. The molecule has 0 saturated heterocycles. The summed E-state index contributed by atoms with van der Waals surface area (Å²) in [6.07, 6.45) is 3.96. The van der Waals surface area contributed by atoms with E-state index in [1.165, 1.54) is 0 Å². The van der Waals surface area contributed by atoms with Gasteiger partial charge in [0.2, 0.25) is 9.47 Å². The van der Waals surface area contributed by atoms with Gasteiger partial charge in [0.15, 0.2) is 0 Å². The molecule has 3 N–H and O–H groups in total. The van der Waals surface area contributed by atoms with Gasteiger partial charge in [-0.25, -0.2) is 18.1 Å². The van der Waals surface area contributed by atoms with Crippen LogP contribution in [-0.4, -0.2) is 34.7 Å². The second kappa shape index (κ2) is 5.00. The Hall–Kier alpha value is -1.52. The molecule has 0 spiro atoms. The number of nitrogens with zero attached hydrogens (tertiary/aromatic N) is 4. The van der Waals surface area contributed by atoms with Crippen LogP contribution in [0.5, 0.6) is 0 Å². The van der Waals surface area contributed by atoms with Crippen molar-refractivity contribution >= 4 is 26.5 Å². The van der Waals surface area contributed by atoms with Crippen LogP contribution in [0.25, 0.3) is 0 Å². The molecular formula is C8H12N6O2S2. The van der Waals surface area contributed by atoms with Gasteiger partial charge in [0.1, 0.15) is 5.82 Å². The molecule has 2 heterocycles. The fourth-order valence-electron chi connectivity index (χ4n) is 1.33. The largest absolute Gasteiger partial charge is 0.374 e. The maximum atomic E-state index is 11.8. The second-order valence-corrected chi connectivity index (χ2v) is 6.46. The summed E-state index contributed by atoms with van der Waals surface area (Å²) < 4.78 is 27.7. The summed E-state index contributed by atoms with van der Waals surface area (Å²) in [6, 6.07) is 0. The first-order chi connectivity index (χ1) is 8.49. The minimum Gasteiger partial charge on any atom is -0.374 e. The predicted molar refractivity (Wildman–Crippen MR) is 66.4 cm³/mol. The van der Waals surface area contributed by atoms with E-state index in [1.54, 1.807) is 12.4 Å². The summed E-state index contributed by atoms with van der Waals surface area (Å²) in [4.78, 5) is 4.09. The van der Waals surface area contributed by atoms with Crippen LogP contribution in [0.2, 0.25) is 0 Å². The number of aryl methyl sites for hydroxylation is 1. The van der Waals surface area contributed by atoms with Crippen LogP contribution < -0.4 is 10.5 Å². The van der Waals surface area contributed by atoms with E-state index in [0.717, 1.165) is 17.2 Å². The molecule has 0 unspecified atom stereocenters. The summed E-state index contributed by atoms with van der Waals surface area (Å²) in [6.45, 7) is 0.243. The molecule has 0 aromatic carbocycles. The molecule has 18 heavy (non-hydrogen) atoms. The van der Waals surface area contributed by atoms with Crippen LogP contribution in [-0.2, 0) is 23.5 Å². The number of hydrogen-bond acceptors (Lipinski definition) is 7. The molecule has 0 atom stereocenters. The number of aromatic nitrogens is 4. The molecule has 2 rings (SSSR count). The molecule has 0 fully saturated rings. The van der Waals surface area contributed by atoms with E-state index in [1.807, 2.05) is 11.6 Å². The van der Waals surface area contributed by atoms with Crippen molar-refractivity contribution in [2.24, 2.45) is 7.05 Å². The number of rotatable bonds is 5. The standard InChI is InChI=1S/C8H12N6O2S2/c1-14-5-4-10-6(14)2-3-11-18(15,16)8-13-12-7(9)17-8/h4-5,11H,2-3H2,1H3,(H2,9,12). The Balaban J connectivity index is 1.96. The number of imidazole rings is 1. The molecule has 8 nitrogen and oxygen atoms in total. The quantitative estimate of drug-likeness (QED) is 0.757. The van der Waals surface area contributed by atoms with Crippen molar-refractivity contribution in [2.45, 2.75) is 10.8 Å². The number of nitrogen functional groups attached to an aromatic ring is 1. The van der Waals surface area contributed by atoms with Crippen molar-refractivity contribution < 1.29 is 8.42 Å². The number of nitrogens with one attached hydrogen (secondary N) is 1. The fraction of sp³-hybridized carbons (Fsp3) is 0.375. The maximum Gasteiger partial charge on any atom is 0.269 e. The lowest BCUT2D eigenvalue weighted by Crippen LogP contribution is -2.26. The third-order valence-electron chi connectivity index (χ3n) is 2.21. The van der Waals surface area contributed by atoms with Crippen molar-refractivity contribution in [1.29, 1.82) is 0 Å². The zero-order valence-corrected chi connectivity index (χ0v) is 11.2. The topological polar surface area (TPSA) is 116 Å². The van der Waals surface area contributed by atoms with Crippen molar-refractivity contribution in [2.75, 3.05) is 12.3 Å². The van der Waals surface area contributed by atoms with Gasteiger partial charge in [0, 0.05) is 32.4 Å². The van der Waals surface area contributed by atoms with E-state index in [4.69, 9.17) is 5.73 Å². The number of hydrogen-bond donors (Lipinski definition) is 2. The summed E-state index contributed by atoms with van der Waals surface area (Å²) in [5, 5.41) is 7.08. The highest BCUT2D eigenvalue weighted by Gasteiger charge is 2.19. The zero-order chi connectivity index (χ0) is 13.2. The minimum atomic E-state index is -3.63. The van der Waals surface area contributed by atoms with E-state index in [0.29, 0.717) is 6.42 Å². The highest BCUT2D eigenvalue weighted by Crippen LogP contribution is 2.16. The Morgan fingerprint density at radius 2 is 2.28 bits per heavy atom. The normalized spacial score (nSPS) is 11.8. The SMILES string of the molecule is Cn1ccnc1CCNS(=O)(=O)c1nnc(N)s1. The Bertz CT molecular complexity index is 632. The minimum absolute atomic E-state index is 0.125. The highest BCUT2D eigenvalue weighted by atomic mass is 32.2. The summed E-state index contributed by atoms with van der Waals surface area (Å²) in [5.41, 5.74) is 5.34. The lowest BCUT2D eigenvalue weighted by atomic mass is 10.4. The molecule has 0 aliphatic carbocycles. The van der Waals surface area contributed by atoms with Crippen molar-refractivity contribution in [3.63, 3.8) is 0 Å². The first kappa shape index (κ1) is 12.9. The molecule has 0 radical (unpaired) electrons. The molecule has 0 aliphatic heterocycles. The first-order valence-electron chi connectivity index (χ1n) is 5.04. The van der Waals surface area contributed by atoms with Gasteiger partial charge in [-0.2, -0.15) is 0 Å². The van der Waals surface area contributed by atoms with E-state index in [-0.39, 0.29) is 16.0 Å². The number of anilines is 1. The lowest BCUT2D eigenvalue weighted by Gasteiger charge is -2.03. The third kappa shape index (κ3) is 2.83. The predicted octanol–water partition coefficient (Wildman–Crippen LogP) is -0.625. The van der Waals surface area contributed by atoms with Crippen LogP contribution >= 0.6 is 11.3 Å². The average Bonchev–Trinajstić information content (AvgIpc) is 2.89. The maximum absolute atomic E-state index is 11.8. The van der Waals surface area contributed by atoms with Gasteiger partial charge in [0.25, 0.3) is 10.0 Å². The van der Waals surface area contributed by atoms with Crippen LogP contribution in [0.1, 0.15) is 5.82 Å². The van der Waals surface area contributed by atoms with Gasteiger partial charge in [-0.05, 0) is 0 Å². The zero-order valence-electron chi connectivity index (χ0n) is 9.57. The molecule has 2 aromatic heterocycles. The van der Waals surface area contributed by atoms with E-state index >= 15 is 0 Å². The van der Waals surface area contributed by atoms with Gasteiger partial charge in [0.05, 0.1) is 0 Å². The molecule has 10 heteroatoms. The Labute approximate surface area is 108 Å². The molecule has 0 bridgehead atoms. The molecular weight excluding hydrogens is 276 g/mol. The summed E-state index contributed by atoms with van der Waals surface area (Å²) in [7, 11) is -1.78. The molecule has 0 aliphatic rings. The summed E-state index contributed by atoms with van der Waals surface area (Å²) in [5.74, 6) is 0.800. The highest BCUT2D eigenvalue weighted by molar-refractivity contribution is 7.91. The van der Waals surface area contributed by atoms with Gasteiger partial charge in [-0.15, -0.1) is 10.2 Å². The molecule has 98 valence electrons. The molecule has 0 saturated carbocycles. The smallest absolute Gasteiger partial charge is 0.269 e. The Morgan fingerprint density at radius 1 is 1.50 bits per heavy atom. The van der Waals surface area contributed by atoms with Gasteiger partial charge < -0.3 is 10.3 Å². The number of nitrogens with two attached hydrogens (primary N) is 1. The first-order valence-corrected chi connectivity index (χ1v) is 7.34. The van der Waals surface area contributed by atoms with Crippen molar-refractivity contribution in [3.8, 4) is 0 Å². The average molecular weight is 288 g/mol. The van der Waals surface area contributed by atoms with Gasteiger partial charge in [-0.3, -0.25) is 0 Å². The third-order valence-corrected chi connectivity index (χ3v) is 4.79. The number of sulfonamides is 1. The van der Waals surface area contributed by atoms with Crippen molar-refractivity contribution in [1.82, 2.24) is 24.5 Å². The van der Waals surface area contributed by atoms with Crippen LogP contribution in [0.3, 0.4) is 0 Å². The second-order valence-electron chi connectivity index (χ2n) is 3.51. The van der Waals surface area contributed by atoms with Crippen LogP contribution in [0, 0.1) is 0 Å². The fourth-order valence-corrected chi connectivity index (χ4v) is 3.18. The Kier molecular flexibility index (Phi) is 3.59. The van der Waals surface area contributed by atoms with E-state index in [2.05, 4.69) is 19.9 Å². The van der Waals surface area contributed by atoms with Crippen LogP contribution in [0.4, 0.5) is 5.13 Å². The lowest BCUT2D eigenvalue weighted by molar-refractivity contribution is 0.578. The van der Waals surface area contributed by atoms with Crippen LogP contribution in [0.15, 0.2) is 16.7 Å². The summed E-state index contributed by atoms with van der Waals surface area (Å²) >= 11 is 0.830. The molecule has 0 amide bonds. The van der Waals surface area contributed by atoms with E-state index < -0.39 is 10.0 Å². The van der Waals surface area contributed by atoms with Crippen molar-refractivity contribution in [3.05, 3.63) is 18.2 Å².